The number of aryl methyl sites for hydroxylation is 2. The van der Waals surface area contributed by atoms with Crippen molar-refractivity contribution in [2.75, 3.05) is 13.1 Å². The van der Waals surface area contributed by atoms with Gasteiger partial charge < -0.3 is 19.5 Å². The molecule has 2 aliphatic rings. The first-order chi connectivity index (χ1) is 10.3. The van der Waals surface area contributed by atoms with Crippen molar-refractivity contribution in [3.8, 4) is 0 Å². The van der Waals surface area contributed by atoms with E-state index in [1.165, 1.54) is 5.82 Å². The summed E-state index contributed by atoms with van der Waals surface area (Å²) < 4.78 is 7.63. The summed E-state index contributed by atoms with van der Waals surface area (Å²) in [4.78, 5) is 18.2. The second kappa shape index (κ2) is 5.57. The van der Waals surface area contributed by atoms with E-state index in [1.54, 1.807) is 4.90 Å². The number of rotatable bonds is 2. The van der Waals surface area contributed by atoms with E-state index >= 15 is 0 Å². The Bertz CT molecular complexity index is 555. The van der Waals surface area contributed by atoms with E-state index < -0.39 is 5.60 Å². The van der Waals surface area contributed by atoms with E-state index in [1.807, 2.05) is 27.7 Å². The highest BCUT2D eigenvalue weighted by Gasteiger charge is 2.35. The third kappa shape index (κ3) is 3.43. The summed E-state index contributed by atoms with van der Waals surface area (Å²) >= 11 is 0. The molecular formula is C16H26N4O2. The number of nitrogens with zero attached hydrogens (tertiary/aromatic N) is 3. The molecule has 1 N–H and O–H groups in total. The molecule has 1 aromatic rings. The SMILES string of the molecule is Cc1cn2c(n1)CC[C@@H](NC1CN(C(=O)OC(C)(C)C)C1)C2. The molecule has 3 rings (SSSR count). The van der Waals surface area contributed by atoms with E-state index in [4.69, 9.17) is 4.74 Å². The number of fused-ring (bicyclic) bond motifs is 1. The molecule has 0 bridgehead atoms. The Kier molecular flexibility index (Phi) is 3.89. The summed E-state index contributed by atoms with van der Waals surface area (Å²) in [5.41, 5.74) is 0.671. The van der Waals surface area contributed by atoms with Gasteiger partial charge in [-0.25, -0.2) is 9.78 Å². The molecule has 0 unspecified atom stereocenters. The minimum Gasteiger partial charge on any atom is -0.444 e. The quantitative estimate of drug-likeness (QED) is 0.904. The van der Waals surface area contributed by atoms with Crippen LogP contribution < -0.4 is 5.32 Å². The van der Waals surface area contributed by atoms with Gasteiger partial charge in [-0.1, -0.05) is 0 Å². The number of likely N-dealkylation sites (tertiary alicyclic amines) is 1. The lowest BCUT2D eigenvalue weighted by molar-refractivity contribution is 0.00366. The molecule has 2 aliphatic heterocycles. The van der Waals surface area contributed by atoms with Gasteiger partial charge in [0, 0.05) is 44.3 Å². The number of amides is 1. The summed E-state index contributed by atoms with van der Waals surface area (Å²) in [6.45, 7) is 10.2. The molecule has 0 saturated carbocycles. The second-order valence-electron chi connectivity index (χ2n) is 7.44. The molecule has 0 aliphatic carbocycles. The molecule has 6 nitrogen and oxygen atoms in total. The first-order valence-corrected chi connectivity index (χ1v) is 8.07. The zero-order valence-corrected chi connectivity index (χ0v) is 13.9. The average Bonchev–Trinajstić information content (AvgIpc) is 2.70. The number of carbonyl (C=O) groups is 1. The van der Waals surface area contributed by atoms with Crippen LogP contribution in [-0.4, -0.2) is 51.3 Å². The molecule has 1 amide bonds. The van der Waals surface area contributed by atoms with Gasteiger partial charge in [0.2, 0.25) is 0 Å². The predicted molar refractivity (Wildman–Crippen MR) is 83.8 cm³/mol. The molecule has 122 valence electrons. The van der Waals surface area contributed by atoms with Crippen molar-refractivity contribution in [1.82, 2.24) is 19.8 Å². The Balaban J connectivity index is 1.44. The van der Waals surface area contributed by atoms with Gasteiger partial charge in [-0.3, -0.25) is 0 Å². The van der Waals surface area contributed by atoms with Crippen LogP contribution in [0.5, 0.6) is 0 Å². The van der Waals surface area contributed by atoms with E-state index in [9.17, 15) is 4.79 Å². The Morgan fingerprint density at radius 2 is 2.05 bits per heavy atom. The number of nitrogens with one attached hydrogen (secondary N) is 1. The smallest absolute Gasteiger partial charge is 0.410 e. The van der Waals surface area contributed by atoms with Crippen molar-refractivity contribution in [1.29, 1.82) is 0 Å². The van der Waals surface area contributed by atoms with Gasteiger partial charge >= 0.3 is 6.09 Å². The first kappa shape index (κ1) is 15.3. The van der Waals surface area contributed by atoms with Gasteiger partial charge in [-0.15, -0.1) is 0 Å². The number of hydrogen-bond donors (Lipinski definition) is 1. The number of imidazole rings is 1. The molecule has 1 atom stereocenters. The molecule has 0 radical (unpaired) electrons. The fraction of sp³-hybridized carbons (Fsp3) is 0.750. The molecule has 1 saturated heterocycles. The van der Waals surface area contributed by atoms with Crippen LogP contribution >= 0.6 is 0 Å². The maximum absolute atomic E-state index is 11.9. The van der Waals surface area contributed by atoms with Crippen LogP contribution in [0.1, 0.15) is 38.7 Å². The summed E-state index contributed by atoms with van der Waals surface area (Å²) in [7, 11) is 0. The highest BCUT2D eigenvalue weighted by atomic mass is 16.6. The van der Waals surface area contributed by atoms with Gasteiger partial charge in [0.15, 0.2) is 0 Å². The van der Waals surface area contributed by atoms with Gasteiger partial charge in [0.05, 0.1) is 5.69 Å². The summed E-state index contributed by atoms with van der Waals surface area (Å²) in [5, 5.41) is 3.66. The van der Waals surface area contributed by atoms with Crippen molar-refractivity contribution >= 4 is 6.09 Å². The number of carbonyl (C=O) groups excluding carboxylic acids is 1. The van der Waals surface area contributed by atoms with Crippen LogP contribution in [0.3, 0.4) is 0 Å². The van der Waals surface area contributed by atoms with E-state index in [0.717, 1.165) is 38.2 Å². The normalized spacial score (nSPS) is 22.2. The summed E-state index contributed by atoms with van der Waals surface area (Å²) in [6, 6.07) is 0.843. The monoisotopic (exact) mass is 306 g/mol. The van der Waals surface area contributed by atoms with Crippen LogP contribution in [0, 0.1) is 6.92 Å². The minimum absolute atomic E-state index is 0.207. The Morgan fingerprint density at radius 1 is 1.32 bits per heavy atom. The lowest BCUT2D eigenvalue weighted by atomic mass is 10.0. The third-order valence-electron chi connectivity index (χ3n) is 4.12. The first-order valence-electron chi connectivity index (χ1n) is 8.07. The molecular weight excluding hydrogens is 280 g/mol. The van der Waals surface area contributed by atoms with Crippen molar-refractivity contribution in [3.63, 3.8) is 0 Å². The van der Waals surface area contributed by atoms with Crippen LogP contribution in [0.25, 0.3) is 0 Å². The molecule has 6 heteroatoms. The van der Waals surface area contributed by atoms with Crippen LogP contribution in [0.15, 0.2) is 6.20 Å². The zero-order valence-electron chi connectivity index (χ0n) is 13.9. The van der Waals surface area contributed by atoms with E-state index in [2.05, 4.69) is 21.1 Å². The zero-order chi connectivity index (χ0) is 15.9. The van der Waals surface area contributed by atoms with Crippen molar-refractivity contribution in [3.05, 3.63) is 17.7 Å². The fourth-order valence-corrected chi connectivity index (χ4v) is 3.12. The molecule has 3 heterocycles. The van der Waals surface area contributed by atoms with E-state index in [0.29, 0.717) is 12.1 Å². The molecule has 22 heavy (non-hydrogen) atoms. The van der Waals surface area contributed by atoms with Crippen LogP contribution in [-0.2, 0) is 17.7 Å². The van der Waals surface area contributed by atoms with Crippen LogP contribution in [0.2, 0.25) is 0 Å². The predicted octanol–water partition coefficient (Wildman–Crippen LogP) is 1.72. The lowest BCUT2D eigenvalue weighted by Crippen LogP contribution is -2.63. The van der Waals surface area contributed by atoms with Crippen molar-refractivity contribution < 1.29 is 9.53 Å². The van der Waals surface area contributed by atoms with Gasteiger partial charge in [0.1, 0.15) is 11.4 Å². The third-order valence-corrected chi connectivity index (χ3v) is 4.12. The standard InChI is InChI=1S/C16H26N4O2/c1-11-7-19-8-12(5-6-14(19)17-11)18-13-9-20(10-13)15(21)22-16(2,3)4/h7,12-13,18H,5-6,8-10H2,1-4H3/t12-/m1/s1. The van der Waals surface area contributed by atoms with Gasteiger partial charge in [-0.05, 0) is 34.1 Å². The van der Waals surface area contributed by atoms with Crippen LogP contribution in [0.4, 0.5) is 4.79 Å². The Hall–Kier alpha value is -1.56. The number of hydrogen-bond acceptors (Lipinski definition) is 4. The maximum Gasteiger partial charge on any atom is 0.410 e. The topological polar surface area (TPSA) is 59.4 Å². The molecule has 0 spiro atoms. The summed E-state index contributed by atoms with van der Waals surface area (Å²) in [5.74, 6) is 1.19. The Morgan fingerprint density at radius 3 is 2.73 bits per heavy atom. The van der Waals surface area contributed by atoms with E-state index in [-0.39, 0.29) is 6.09 Å². The molecule has 0 aromatic carbocycles. The summed E-state index contributed by atoms with van der Waals surface area (Å²) in [6.07, 6.45) is 4.05. The van der Waals surface area contributed by atoms with Crippen molar-refractivity contribution in [2.24, 2.45) is 0 Å². The minimum atomic E-state index is -0.422. The van der Waals surface area contributed by atoms with Gasteiger partial charge in [0.25, 0.3) is 0 Å². The fourth-order valence-electron chi connectivity index (χ4n) is 3.12. The highest BCUT2D eigenvalue weighted by Crippen LogP contribution is 2.19. The largest absolute Gasteiger partial charge is 0.444 e. The Labute approximate surface area is 131 Å². The lowest BCUT2D eigenvalue weighted by Gasteiger charge is -2.42. The number of ether oxygens (including phenoxy) is 1. The van der Waals surface area contributed by atoms with Gasteiger partial charge in [-0.2, -0.15) is 0 Å². The molecule has 1 aromatic heterocycles. The number of aromatic nitrogens is 2. The highest BCUT2D eigenvalue weighted by molar-refractivity contribution is 5.69. The average molecular weight is 306 g/mol. The second-order valence-corrected chi connectivity index (χ2v) is 7.44. The molecule has 1 fully saturated rings. The van der Waals surface area contributed by atoms with Crippen molar-refractivity contribution in [2.45, 2.75) is 64.8 Å². The maximum atomic E-state index is 11.9.